The summed E-state index contributed by atoms with van der Waals surface area (Å²) in [5.74, 6) is -0.786. The van der Waals surface area contributed by atoms with Crippen LogP contribution < -0.4 is 10.6 Å². The molecule has 0 aromatic heterocycles. The average molecular weight is 447 g/mol. The van der Waals surface area contributed by atoms with Crippen LogP contribution in [0.15, 0.2) is 40.1 Å². The van der Waals surface area contributed by atoms with Crippen molar-refractivity contribution in [2.45, 2.75) is 55.6 Å². The van der Waals surface area contributed by atoms with Crippen molar-refractivity contribution in [2.24, 2.45) is 0 Å². The molecule has 1 heterocycles. The normalized spacial score (nSPS) is 16.4. The molecule has 0 unspecified atom stereocenters. The molecule has 0 saturated heterocycles. The van der Waals surface area contributed by atoms with Gasteiger partial charge in [-0.3, -0.25) is 9.59 Å². The van der Waals surface area contributed by atoms with E-state index in [2.05, 4.69) is 10.6 Å². The lowest BCUT2D eigenvalue weighted by atomic mass is 10.1. The summed E-state index contributed by atoms with van der Waals surface area (Å²) in [6.45, 7) is 7.77. The highest BCUT2D eigenvalue weighted by molar-refractivity contribution is 8.00. The first-order valence-corrected chi connectivity index (χ1v) is 12.3. The van der Waals surface area contributed by atoms with Crippen molar-refractivity contribution in [2.75, 3.05) is 16.4 Å². The Labute approximate surface area is 181 Å². The number of carbonyl (C=O) groups is 2. The minimum absolute atomic E-state index is 0.104. The predicted octanol–water partition coefficient (Wildman–Crippen LogP) is 4.24. The maximum atomic E-state index is 12.8. The molecule has 30 heavy (non-hydrogen) atoms. The van der Waals surface area contributed by atoms with E-state index < -0.39 is 9.84 Å². The van der Waals surface area contributed by atoms with Gasteiger partial charge in [-0.2, -0.15) is 0 Å². The third-order valence-corrected chi connectivity index (χ3v) is 7.82. The summed E-state index contributed by atoms with van der Waals surface area (Å²) in [5, 5.41) is 5.73. The van der Waals surface area contributed by atoms with Gasteiger partial charge in [-0.05, 0) is 50.1 Å². The van der Waals surface area contributed by atoms with E-state index in [-0.39, 0.29) is 34.1 Å². The van der Waals surface area contributed by atoms with Crippen LogP contribution in [0.25, 0.3) is 0 Å². The quantitative estimate of drug-likeness (QED) is 0.717. The summed E-state index contributed by atoms with van der Waals surface area (Å²) in [7, 11) is -3.67. The molecule has 0 aliphatic carbocycles. The number of carbonyl (C=O) groups excluding carboxylic acids is 2. The zero-order chi connectivity index (χ0) is 22.1. The Hall–Kier alpha value is -2.32. The number of rotatable bonds is 5. The standard InChI is InChI=1S/C22H26N2O4S2/c1-13-9-14(2)22(15(3)10-13)24-20(25)7-8-30(27,28)17-5-6-19-18(12-17)23-21(26)11-16(4)29-19/h5-6,9-10,12,16H,7-8,11H2,1-4H3,(H,23,26)(H,24,25)/t16-/m0/s1. The van der Waals surface area contributed by atoms with Crippen molar-refractivity contribution in [1.29, 1.82) is 0 Å². The third kappa shape index (κ3) is 5.23. The number of benzene rings is 2. The number of fused-ring (bicyclic) bond motifs is 1. The number of sulfone groups is 1. The van der Waals surface area contributed by atoms with Gasteiger partial charge in [0.05, 0.1) is 16.3 Å². The van der Waals surface area contributed by atoms with Gasteiger partial charge in [0.1, 0.15) is 0 Å². The number of nitrogens with one attached hydrogen (secondary N) is 2. The van der Waals surface area contributed by atoms with Gasteiger partial charge in [0.25, 0.3) is 0 Å². The summed E-state index contributed by atoms with van der Waals surface area (Å²) in [6.07, 6.45) is 0.226. The van der Waals surface area contributed by atoms with Crippen LogP contribution in [0.3, 0.4) is 0 Å². The SMILES string of the molecule is Cc1cc(C)c(NC(=O)CCS(=O)(=O)c2ccc3c(c2)NC(=O)C[C@H](C)S3)c(C)c1. The largest absolute Gasteiger partial charge is 0.326 e. The van der Waals surface area contributed by atoms with Crippen LogP contribution in [0.4, 0.5) is 11.4 Å². The summed E-state index contributed by atoms with van der Waals surface area (Å²) < 4.78 is 25.6. The molecule has 2 aromatic carbocycles. The Balaban J connectivity index is 1.71. The maximum Gasteiger partial charge on any atom is 0.225 e. The van der Waals surface area contributed by atoms with Crippen molar-refractivity contribution in [3.8, 4) is 0 Å². The molecule has 0 bridgehead atoms. The Morgan fingerprint density at radius 3 is 2.50 bits per heavy atom. The van der Waals surface area contributed by atoms with Crippen molar-refractivity contribution in [3.05, 3.63) is 47.0 Å². The van der Waals surface area contributed by atoms with Crippen LogP contribution in [0.2, 0.25) is 0 Å². The molecule has 160 valence electrons. The van der Waals surface area contributed by atoms with E-state index in [1.54, 1.807) is 6.07 Å². The topological polar surface area (TPSA) is 92.3 Å². The molecule has 0 spiro atoms. The van der Waals surface area contributed by atoms with Crippen molar-refractivity contribution in [1.82, 2.24) is 0 Å². The van der Waals surface area contributed by atoms with E-state index in [0.717, 1.165) is 27.3 Å². The van der Waals surface area contributed by atoms with E-state index >= 15 is 0 Å². The lowest BCUT2D eigenvalue weighted by Crippen LogP contribution is -2.19. The van der Waals surface area contributed by atoms with Gasteiger partial charge in [0.15, 0.2) is 9.84 Å². The smallest absolute Gasteiger partial charge is 0.225 e. The zero-order valence-electron chi connectivity index (χ0n) is 17.5. The summed E-state index contributed by atoms with van der Waals surface area (Å²) in [6, 6.07) is 8.69. The molecule has 1 atom stereocenters. The van der Waals surface area contributed by atoms with E-state index in [9.17, 15) is 18.0 Å². The second-order valence-corrected chi connectivity index (χ2v) is 11.3. The zero-order valence-corrected chi connectivity index (χ0v) is 19.2. The van der Waals surface area contributed by atoms with Gasteiger partial charge < -0.3 is 10.6 Å². The summed E-state index contributed by atoms with van der Waals surface area (Å²) in [5.41, 5.74) is 4.22. The fourth-order valence-corrected chi connectivity index (χ4v) is 5.86. The Morgan fingerprint density at radius 2 is 1.83 bits per heavy atom. The first-order chi connectivity index (χ1) is 14.0. The first kappa shape index (κ1) is 22.4. The van der Waals surface area contributed by atoms with Crippen LogP contribution in [0, 0.1) is 20.8 Å². The number of hydrogen-bond donors (Lipinski definition) is 2. The molecule has 2 N–H and O–H groups in total. The Kier molecular flexibility index (Phi) is 6.57. The number of anilines is 2. The second kappa shape index (κ2) is 8.81. The van der Waals surface area contributed by atoms with Gasteiger partial charge in [0, 0.05) is 28.7 Å². The van der Waals surface area contributed by atoms with Gasteiger partial charge in [0.2, 0.25) is 11.8 Å². The van der Waals surface area contributed by atoms with Gasteiger partial charge in [-0.1, -0.05) is 24.6 Å². The molecular weight excluding hydrogens is 420 g/mol. The van der Waals surface area contributed by atoms with E-state index in [4.69, 9.17) is 0 Å². The lowest BCUT2D eigenvalue weighted by Gasteiger charge is -2.13. The van der Waals surface area contributed by atoms with Gasteiger partial charge in [-0.15, -0.1) is 11.8 Å². The average Bonchev–Trinajstić information content (AvgIpc) is 2.78. The molecule has 0 radical (unpaired) electrons. The fourth-order valence-electron chi connectivity index (χ4n) is 3.55. The van der Waals surface area contributed by atoms with E-state index in [1.807, 2.05) is 39.8 Å². The van der Waals surface area contributed by atoms with Crippen LogP contribution >= 0.6 is 11.8 Å². The number of aryl methyl sites for hydroxylation is 3. The summed E-state index contributed by atoms with van der Waals surface area (Å²) in [4.78, 5) is 25.3. The predicted molar refractivity (Wildman–Crippen MR) is 121 cm³/mol. The second-order valence-electron chi connectivity index (χ2n) is 7.73. The maximum absolute atomic E-state index is 12.8. The van der Waals surface area contributed by atoms with Crippen LogP contribution in [0.5, 0.6) is 0 Å². The highest BCUT2D eigenvalue weighted by Gasteiger charge is 2.23. The Bertz CT molecular complexity index is 1090. The molecule has 1 aliphatic heterocycles. The van der Waals surface area contributed by atoms with Crippen LogP contribution in [-0.4, -0.2) is 31.2 Å². The molecule has 3 rings (SSSR count). The molecule has 1 aliphatic rings. The monoisotopic (exact) mass is 446 g/mol. The molecule has 8 heteroatoms. The Morgan fingerprint density at radius 1 is 1.17 bits per heavy atom. The minimum Gasteiger partial charge on any atom is -0.326 e. The molecular formula is C22H26N2O4S2. The van der Waals surface area contributed by atoms with Crippen LogP contribution in [-0.2, 0) is 19.4 Å². The van der Waals surface area contributed by atoms with Gasteiger partial charge in [-0.25, -0.2) is 8.42 Å². The summed E-state index contributed by atoms with van der Waals surface area (Å²) >= 11 is 1.54. The minimum atomic E-state index is -3.67. The lowest BCUT2D eigenvalue weighted by molar-refractivity contribution is -0.116. The van der Waals surface area contributed by atoms with Crippen molar-refractivity contribution < 1.29 is 18.0 Å². The molecule has 2 amide bonds. The highest BCUT2D eigenvalue weighted by Crippen LogP contribution is 2.36. The van der Waals surface area contributed by atoms with Crippen LogP contribution in [0.1, 0.15) is 36.5 Å². The van der Waals surface area contributed by atoms with E-state index in [0.29, 0.717) is 12.1 Å². The molecule has 0 saturated carbocycles. The molecule has 2 aromatic rings. The number of amides is 2. The van der Waals surface area contributed by atoms with Crippen molar-refractivity contribution in [3.63, 3.8) is 0 Å². The highest BCUT2D eigenvalue weighted by atomic mass is 32.2. The fraction of sp³-hybridized carbons (Fsp3) is 0.364. The number of thioether (sulfide) groups is 1. The van der Waals surface area contributed by atoms with E-state index in [1.165, 1.54) is 23.9 Å². The third-order valence-electron chi connectivity index (χ3n) is 4.92. The number of hydrogen-bond acceptors (Lipinski definition) is 5. The first-order valence-electron chi connectivity index (χ1n) is 9.76. The molecule has 6 nitrogen and oxygen atoms in total. The molecule has 0 fully saturated rings. The van der Waals surface area contributed by atoms with Crippen molar-refractivity contribution >= 4 is 44.8 Å². The van der Waals surface area contributed by atoms with Gasteiger partial charge >= 0.3 is 0 Å².